The fourth-order valence-corrected chi connectivity index (χ4v) is 3.77. The Morgan fingerprint density at radius 2 is 1.81 bits per heavy atom. The number of para-hydroxylation sites is 1. The van der Waals surface area contributed by atoms with Crippen molar-refractivity contribution >= 4 is 11.6 Å². The maximum Gasteiger partial charge on any atom is 0.267 e. The maximum atomic E-state index is 13.2. The number of carbonyl (C=O) groups is 1. The molecule has 27 heavy (non-hydrogen) atoms. The van der Waals surface area contributed by atoms with Gasteiger partial charge in [-0.25, -0.2) is 0 Å². The molecule has 2 aliphatic heterocycles. The average Bonchev–Trinajstić information content (AvgIpc) is 3.42. The summed E-state index contributed by atoms with van der Waals surface area (Å²) in [4.78, 5) is 14.8. The van der Waals surface area contributed by atoms with Gasteiger partial charge in [0.1, 0.15) is 6.10 Å². The lowest BCUT2D eigenvalue weighted by molar-refractivity contribution is -0.122. The highest BCUT2D eigenvalue weighted by Crippen LogP contribution is 2.64. The van der Waals surface area contributed by atoms with Crippen LogP contribution in [0, 0.1) is 12.3 Å². The van der Waals surface area contributed by atoms with Gasteiger partial charge in [-0.3, -0.25) is 9.69 Å². The first kappa shape index (κ1) is 17.3. The number of nitrogens with zero attached hydrogens (tertiary/aromatic N) is 1. The second-order valence-electron chi connectivity index (χ2n) is 6.30. The van der Waals surface area contributed by atoms with Crippen LogP contribution in [0.25, 0.3) is 0 Å². The molecule has 6 nitrogen and oxygen atoms in total. The minimum Gasteiger partial charge on any atom is -0.493 e. The Hall–Kier alpha value is -3.17. The van der Waals surface area contributed by atoms with E-state index in [2.05, 4.69) is 5.92 Å². The molecule has 1 spiro atoms. The highest BCUT2D eigenvalue weighted by Gasteiger charge is 2.70. The molecule has 0 saturated carbocycles. The molecule has 0 radical (unpaired) electrons. The Bertz CT molecular complexity index is 938. The van der Waals surface area contributed by atoms with Crippen LogP contribution in [0.5, 0.6) is 17.2 Å². The number of hydrogen-bond donors (Lipinski definition) is 0. The summed E-state index contributed by atoms with van der Waals surface area (Å²) in [6, 6.07) is 11.2. The van der Waals surface area contributed by atoms with Crippen LogP contribution in [0.1, 0.15) is 17.2 Å². The molecule has 1 amide bonds. The number of rotatable bonds is 5. The van der Waals surface area contributed by atoms with Gasteiger partial charge in [0.25, 0.3) is 5.91 Å². The van der Waals surface area contributed by atoms with Gasteiger partial charge < -0.3 is 18.9 Å². The molecule has 6 heteroatoms. The summed E-state index contributed by atoms with van der Waals surface area (Å²) in [7, 11) is 4.65. The molecule has 2 heterocycles. The van der Waals surface area contributed by atoms with Crippen molar-refractivity contribution in [2.75, 3.05) is 32.8 Å². The number of terminal acetylenes is 1. The predicted molar refractivity (Wildman–Crippen MR) is 99.2 cm³/mol. The van der Waals surface area contributed by atoms with Gasteiger partial charge in [0.05, 0.1) is 33.6 Å². The van der Waals surface area contributed by atoms with Crippen molar-refractivity contribution in [3.05, 3.63) is 47.5 Å². The van der Waals surface area contributed by atoms with Crippen LogP contribution in [-0.4, -0.2) is 33.8 Å². The lowest BCUT2D eigenvalue weighted by Crippen LogP contribution is -2.33. The van der Waals surface area contributed by atoms with Gasteiger partial charge in [-0.05, 0) is 23.8 Å². The molecule has 1 fully saturated rings. The number of ether oxygens (including phenoxy) is 4. The van der Waals surface area contributed by atoms with Crippen molar-refractivity contribution < 1.29 is 23.7 Å². The van der Waals surface area contributed by atoms with Gasteiger partial charge in [-0.2, -0.15) is 0 Å². The molecule has 0 aliphatic carbocycles. The maximum absolute atomic E-state index is 13.2. The summed E-state index contributed by atoms with van der Waals surface area (Å²) < 4.78 is 22.2. The smallest absolute Gasteiger partial charge is 0.267 e. The first-order valence-electron chi connectivity index (χ1n) is 8.45. The zero-order valence-electron chi connectivity index (χ0n) is 15.3. The third kappa shape index (κ3) is 2.29. The van der Waals surface area contributed by atoms with Crippen LogP contribution in [-0.2, 0) is 15.1 Å². The van der Waals surface area contributed by atoms with Crippen LogP contribution in [0.2, 0.25) is 0 Å². The van der Waals surface area contributed by atoms with E-state index in [0.717, 1.165) is 16.8 Å². The van der Waals surface area contributed by atoms with Gasteiger partial charge in [0, 0.05) is 5.56 Å². The first-order valence-corrected chi connectivity index (χ1v) is 8.45. The zero-order valence-corrected chi connectivity index (χ0v) is 15.3. The normalized spacial score (nSPS) is 22.4. The highest BCUT2D eigenvalue weighted by molar-refractivity contribution is 6.09. The molecule has 4 rings (SSSR count). The number of fused-ring (bicyclic) bond motifs is 2. The Morgan fingerprint density at radius 3 is 2.41 bits per heavy atom. The Morgan fingerprint density at radius 1 is 1.15 bits per heavy atom. The predicted octanol–water partition coefficient (Wildman–Crippen LogP) is 2.66. The average molecular weight is 365 g/mol. The van der Waals surface area contributed by atoms with E-state index >= 15 is 0 Å². The van der Waals surface area contributed by atoms with Gasteiger partial charge in [0.2, 0.25) is 11.4 Å². The fourth-order valence-electron chi connectivity index (χ4n) is 3.77. The number of anilines is 1. The van der Waals surface area contributed by atoms with Gasteiger partial charge in [-0.15, -0.1) is 6.42 Å². The molecular formula is C21H19NO5. The Kier molecular flexibility index (Phi) is 3.97. The van der Waals surface area contributed by atoms with Crippen molar-refractivity contribution in [1.29, 1.82) is 0 Å². The molecule has 0 bridgehead atoms. The largest absolute Gasteiger partial charge is 0.493 e. The molecule has 2 aliphatic rings. The summed E-state index contributed by atoms with van der Waals surface area (Å²) in [5.41, 5.74) is 1.33. The fraction of sp³-hybridized carbons (Fsp3) is 0.286. The number of methoxy groups -OCH3 is 3. The van der Waals surface area contributed by atoms with Gasteiger partial charge in [0.15, 0.2) is 11.5 Å². The molecular weight excluding hydrogens is 346 g/mol. The summed E-state index contributed by atoms with van der Waals surface area (Å²) in [6.45, 7) is 0.197. The summed E-state index contributed by atoms with van der Waals surface area (Å²) in [6.07, 6.45) is 5.00. The van der Waals surface area contributed by atoms with Crippen LogP contribution in [0.3, 0.4) is 0 Å². The summed E-state index contributed by atoms with van der Waals surface area (Å²) in [5, 5.41) is 0. The third-order valence-electron chi connectivity index (χ3n) is 5.01. The second-order valence-corrected chi connectivity index (χ2v) is 6.30. The second kappa shape index (κ2) is 6.22. The van der Waals surface area contributed by atoms with E-state index in [0.29, 0.717) is 17.2 Å². The topological polar surface area (TPSA) is 60.5 Å². The lowest BCUT2D eigenvalue weighted by atomic mass is 9.92. The molecule has 1 saturated heterocycles. The Balaban J connectivity index is 1.80. The van der Waals surface area contributed by atoms with Crippen LogP contribution in [0.15, 0.2) is 36.4 Å². The van der Waals surface area contributed by atoms with Gasteiger partial charge >= 0.3 is 0 Å². The summed E-state index contributed by atoms with van der Waals surface area (Å²) in [5.74, 6) is 3.91. The monoisotopic (exact) mass is 365 g/mol. The van der Waals surface area contributed by atoms with E-state index in [1.807, 2.05) is 24.3 Å². The van der Waals surface area contributed by atoms with Crippen LogP contribution < -0.4 is 19.1 Å². The van der Waals surface area contributed by atoms with Crippen molar-refractivity contribution in [2.24, 2.45) is 0 Å². The van der Waals surface area contributed by atoms with E-state index in [9.17, 15) is 4.79 Å². The molecule has 0 N–H and O–H groups in total. The van der Waals surface area contributed by atoms with E-state index in [1.54, 1.807) is 38.4 Å². The highest BCUT2D eigenvalue weighted by atomic mass is 16.6. The SMILES string of the molecule is C#CCN1C(=O)[C@]2(O[C@H]2c2cc(OC)c(OC)c(OC)c2)c2ccccc21. The molecule has 138 valence electrons. The van der Waals surface area contributed by atoms with Crippen LogP contribution >= 0.6 is 0 Å². The Labute approximate surface area is 157 Å². The summed E-state index contributed by atoms with van der Waals surface area (Å²) >= 11 is 0. The van der Waals surface area contributed by atoms with E-state index < -0.39 is 11.7 Å². The standard InChI is InChI=1S/C21H19NO5/c1-5-10-22-15-9-7-6-8-14(15)21(20(22)23)19(27-21)13-11-16(24-2)18(26-4)17(12-13)25-3/h1,6-9,11-12,19H,10H2,2-4H3/t19-,21-/m0/s1. The first-order chi connectivity index (χ1) is 13.1. The quantitative estimate of drug-likeness (QED) is 0.602. The molecule has 0 unspecified atom stereocenters. The number of epoxide rings is 1. The third-order valence-corrected chi connectivity index (χ3v) is 5.01. The number of carbonyl (C=O) groups excluding carboxylic acids is 1. The van der Waals surface area contributed by atoms with E-state index in [-0.39, 0.29) is 12.5 Å². The van der Waals surface area contributed by atoms with E-state index in [1.165, 1.54) is 0 Å². The lowest BCUT2D eigenvalue weighted by Gasteiger charge is -2.14. The van der Waals surface area contributed by atoms with Crippen molar-refractivity contribution in [3.63, 3.8) is 0 Å². The van der Waals surface area contributed by atoms with Gasteiger partial charge in [-0.1, -0.05) is 24.1 Å². The molecule has 2 aromatic rings. The molecule has 2 aromatic carbocycles. The number of benzene rings is 2. The van der Waals surface area contributed by atoms with Crippen molar-refractivity contribution in [3.8, 4) is 29.6 Å². The van der Waals surface area contributed by atoms with Crippen molar-refractivity contribution in [1.82, 2.24) is 0 Å². The van der Waals surface area contributed by atoms with E-state index in [4.69, 9.17) is 25.4 Å². The van der Waals surface area contributed by atoms with Crippen LogP contribution in [0.4, 0.5) is 5.69 Å². The number of amides is 1. The minimum atomic E-state index is -1.06. The minimum absolute atomic E-state index is 0.152. The molecule has 2 atom stereocenters. The molecule has 0 aromatic heterocycles. The van der Waals surface area contributed by atoms with Crippen molar-refractivity contribution in [2.45, 2.75) is 11.7 Å². The zero-order chi connectivity index (χ0) is 19.2. The number of hydrogen-bond acceptors (Lipinski definition) is 5.